The second-order valence-electron chi connectivity index (χ2n) is 11.3. The van der Waals surface area contributed by atoms with Crippen LogP contribution in [-0.4, -0.2) is 56.4 Å². The molecule has 2 amide bonds. The van der Waals surface area contributed by atoms with Crippen LogP contribution in [0, 0.1) is 12.8 Å². The average Bonchev–Trinajstić information content (AvgIpc) is 2.89. The van der Waals surface area contributed by atoms with Gasteiger partial charge >= 0.3 is 0 Å². The monoisotopic (exact) mass is 586 g/mol. The first-order chi connectivity index (χ1) is 19.1. The van der Waals surface area contributed by atoms with E-state index >= 15 is 0 Å². The van der Waals surface area contributed by atoms with Crippen molar-refractivity contribution in [2.75, 3.05) is 11.5 Å². The molecule has 40 heavy (non-hydrogen) atoms. The maximum Gasteiger partial charge on any atom is 0.263 e. The first-order valence-electron chi connectivity index (χ1n) is 14.0. The summed E-state index contributed by atoms with van der Waals surface area (Å²) in [4.78, 5) is 34.6. The minimum atomic E-state index is -1.11. The zero-order valence-corrected chi connectivity index (χ0v) is 25.0. The van der Waals surface area contributed by atoms with Crippen molar-refractivity contribution in [2.24, 2.45) is 10.9 Å². The maximum atomic E-state index is 13.2. The molecule has 10 heteroatoms. The molecule has 4 rings (SSSR count). The molecule has 1 unspecified atom stereocenters. The van der Waals surface area contributed by atoms with E-state index in [-0.39, 0.29) is 23.9 Å². The maximum absolute atomic E-state index is 13.2. The number of pyridine rings is 1. The molecular weight excluding hydrogens is 548 g/mol. The molecule has 0 radical (unpaired) electrons. The van der Waals surface area contributed by atoms with Gasteiger partial charge in [0, 0.05) is 53.2 Å². The summed E-state index contributed by atoms with van der Waals surface area (Å²) in [6, 6.07) is 8.88. The van der Waals surface area contributed by atoms with Crippen molar-refractivity contribution in [3.63, 3.8) is 0 Å². The van der Waals surface area contributed by atoms with Crippen molar-refractivity contribution in [3.8, 4) is 5.75 Å². The highest BCUT2D eigenvalue weighted by Gasteiger charge is 2.33. The summed E-state index contributed by atoms with van der Waals surface area (Å²) in [6.45, 7) is 5.43. The van der Waals surface area contributed by atoms with E-state index in [1.807, 2.05) is 19.1 Å². The zero-order chi connectivity index (χ0) is 28.7. The molecule has 1 aromatic carbocycles. The van der Waals surface area contributed by atoms with E-state index in [4.69, 9.17) is 16.3 Å². The van der Waals surface area contributed by atoms with E-state index in [1.165, 1.54) is 25.5 Å². The molecule has 0 bridgehead atoms. The summed E-state index contributed by atoms with van der Waals surface area (Å²) >= 11 is 6.33. The molecule has 2 aliphatic rings. The molecule has 1 saturated heterocycles. The largest absolute Gasteiger partial charge is 0.476 e. The fraction of sp³-hybridized carbons (Fsp3) is 0.533. The highest BCUT2D eigenvalue weighted by Crippen LogP contribution is 2.32. The molecule has 2 heterocycles. The Kier molecular flexibility index (Phi) is 10.4. The zero-order valence-electron chi connectivity index (χ0n) is 23.5. The van der Waals surface area contributed by atoms with Crippen molar-refractivity contribution in [3.05, 3.63) is 52.7 Å². The molecule has 8 nitrogen and oxygen atoms in total. The number of hydrogen-bond donors (Lipinski definition) is 2. The Morgan fingerprint density at radius 3 is 2.58 bits per heavy atom. The Morgan fingerprint density at radius 2 is 1.95 bits per heavy atom. The summed E-state index contributed by atoms with van der Waals surface area (Å²) in [5.41, 5.74) is 0.378. The van der Waals surface area contributed by atoms with Crippen LogP contribution in [0.1, 0.15) is 74.7 Å². The number of carbonyl (C=O) groups is 2. The number of ether oxygens (including phenoxy) is 1. The molecule has 216 valence electrons. The van der Waals surface area contributed by atoms with Gasteiger partial charge in [0.2, 0.25) is 0 Å². The number of nitrogens with zero attached hydrogens (tertiary/aromatic N) is 2. The van der Waals surface area contributed by atoms with Gasteiger partial charge in [-0.2, -0.15) is 0 Å². The van der Waals surface area contributed by atoms with E-state index in [9.17, 15) is 13.8 Å². The lowest BCUT2D eigenvalue weighted by Gasteiger charge is -2.32. The fourth-order valence-electron chi connectivity index (χ4n) is 4.79. The summed E-state index contributed by atoms with van der Waals surface area (Å²) in [5.74, 6) is 2.43. The summed E-state index contributed by atoms with van der Waals surface area (Å²) in [5, 5.41) is 6.65. The molecule has 1 saturated carbocycles. The third kappa shape index (κ3) is 8.61. The van der Waals surface area contributed by atoms with E-state index in [0.717, 1.165) is 24.8 Å². The smallest absolute Gasteiger partial charge is 0.263 e. The Balaban J connectivity index is 1.32. The molecule has 2 aromatic rings. The third-order valence-electron chi connectivity index (χ3n) is 7.52. The molecular formula is C30H39ClN4O4S. The Morgan fingerprint density at radius 1 is 1.20 bits per heavy atom. The van der Waals surface area contributed by atoms with E-state index < -0.39 is 16.4 Å². The highest BCUT2D eigenvalue weighted by molar-refractivity contribution is 7.85. The van der Waals surface area contributed by atoms with Crippen LogP contribution >= 0.6 is 11.6 Å². The molecule has 2 fully saturated rings. The molecule has 0 spiro atoms. The fourth-order valence-corrected chi connectivity index (χ4v) is 6.36. The van der Waals surface area contributed by atoms with Crippen LogP contribution in [0.2, 0.25) is 5.02 Å². The van der Waals surface area contributed by atoms with Gasteiger partial charge in [0.15, 0.2) is 11.4 Å². The number of halogens is 1. The standard InChI is InChI=1S/C30H39ClN4O4S/c1-20-7-9-26(25(31)17-20)39-30(2,3)29(37)35-24(18-21-5-4-6-21)11-14-32-27-10-8-22(19-33-27)28(36)34-23-12-15-40(38)16-13-23/h7-10,14,17,19,21,23-24H,4-6,11-13,15-16,18H2,1-3H3,(H,34,36)(H,35,37). The lowest BCUT2D eigenvalue weighted by Crippen LogP contribution is -2.50. The van der Waals surface area contributed by atoms with Crippen molar-refractivity contribution in [1.29, 1.82) is 0 Å². The van der Waals surface area contributed by atoms with Gasteiger partial charge in [-0.05, 0) is 75.8 Å². The molecule has 1 atom stereocenters. The Bertz CT molecular complexity index is 1240. The van der Waals surface area contributed by atoms with Gasteiger partial charge in [-0.3, -0.25) is 13.8 Å². The van der Waals surface area contributed by atoms with Crippen LogP contribution in [0.5, 0.6) is 5.75 Å². The van der Waals surface area contributed by atoms with Gasteiger partial charge in [0.25, 0.3) is 11.8 Å². The van der Waals surface area contributed by atoms with Gasteiger partial charge in [-0.1, -0.05) is 36.9 Å². The van der Waals surface area contributed by atoms with Gasteiger partial charge in [-0.25, -0.2) is 9.98 Å². The lowest BCUT2D eigenvalue weighted by atomic mass is 9.80. The van der Waals surface area contributed by atoms with Gasteiger partial charge in [0.05, 0.1) is 10.6 Å². The average molecular weight is 587 g/mol. The predicted octanol–water partition coefficient (Wildman–Crippen LogP) is 5.31. The molecule has 1 aliphatic heterocycles. The number of aromatic nitrogens is 1. The van der Waals surface area contributed by atoms with Crippen molar-refractivity contribution >= 4 is 46.2 Å². The number of carbonyl (C=O) groups excluding carboxylic acids is 2. The minimum Gasteiger partial charge on any atom is -0.476 e. The van der Waals surface area contributed by atoms with Crippen LogP contribution in [0.25, 0.3) is 0 Å². The van der Waals surface area contributed by atoms with Crippen LogP contribution in [-0.2, 0) is 15.6 Å². The third-order valence-corrected chi connectivity index (χ3v) is 9.20. The highest BCUT2D eigenvalue weighted by atomic mass is 35.5. The van der Waals surface area contributed by atoms with Crippen LogP contribution < -0.4 is 15.4 Å². The van der Waals surface area contributed by atoms with Crippen molar-refractivity contribution < 1.29 is 18.5 Å². The number of hydrogen-bond acceptors (Lipinski definition) is 6. The number of rotatable bonds is 11. The van der Waals surface area contributed by atoms with Gasteiger partial charge in [-0.15, -0.1) is 0 Å². The van der Waals surface area contributed by atoms with Crippen LogP contribution in [0.3, 0.4) is 0 Å². The summed E-state index contributed by atoms with van der Waals surface area (Å²) < 4.78 is 17.5. The first-order valence-corrected chi connectivity index (χ1v) is 15.9. The molecule has 1 aliphatic carbocycles. The predicted molar refractivity (Wildman–Crippen MR) is 160 cm³/mol. The number of amides is 2. The first kappa shape index (κ1) is 30.2. The summed E-state index contributed by atoms with van der Waals surface area (Å²) in [6.07, 6.45) is 9.76. The SMILES string of the molecule is Cc1ccc(OC(C)(C)C(=O)NC(CC=Nc2ccc(C(=O)NC3CCS(=O)CC3)cn2)CC2CCC2)c(Cl)c1. The minimum absolute atomic E-state index is 0.0509. The van der Waals surface area contributed by atoms with Gasteiger partial charge < -0.3 is 15.4 Å². The normalized spacial score (nSPS) is 20.5. The second-order valence-corrected chi connectivity index (χ2v) is 13.4. The Hall–Kier alpha value is -2.78. The van der Waals surface area contributed by atoms with Crippen molar-refractivity contribution in [1.82, 2.24) is 15.6 Å². The number of aryl methyl sites for hydroxylation is 1. The Labute approximate surface area is 244 Å². The van der Waals surface area contributed by atoms with E-state index in [0.29, 0.717) is 46.0 Å². The lowest BCUT2D eigenvalue weighted by molar-refractivity contribution is -0.135. The number of benzene rings is 1. The molecule has 2 N–H and O–H groups in total. The van der Waals surface area contributed by atoms with Crippen molar-refractivity contribution in [2.45, 2.75) is 83.4 Å². The topological polar surface area (TPSA) is 110 Å². The molecule has 1 aromatic heterocycles. The van der Waals surface area contributed by atoms with Crippen LogP contribution in [0.4, 0.5) is 5.82 Å². The van der Waals surface area contributed by atoms with E-state index in [1.54, 1.807) is 38.3 Å². The second kappa shape index (κ2) is 13.7. The number of nitrogens with one attached hydrogen (secondary N) is 2. The quantitative estimate of drug-likeness (QED) is 0.347. The van der Waals surface area contributed by atoms with Crippen LogP contribution in [0.15, 0.2) is 41.5 Å². The van der Waals surface area contributed by atoms with E-state index in [2.05, 4.69) is 20.6 Å². The van der Waals surface area contributed by atoms with Gasteiger partial charge in [0.1, 0.15) is 5.75 Å². The summed E-state index contributed by atoms with van der Waals surface area (Å²) in [7, 11) is -0.763. The number of aliphatic imine (C=N–C) groups is 1.